The molecule has 23 heavy (non-hydrogen) atoms. The van der Waals surface area contributed by atoms with Crippen molar-refractivity contribution in [2.75, 3.05) is 0 Å². The van der Waals surface area contributed by atoms with Gasteiger partial charge in [-0.25, -0.2) is 8.78 Å². The van der Waals surface area contributed by atoms with E-state index in [-0.39, 0.29) is 50.5 Å². The van der Waals surface area contributed by atoms with Crippen LogP contribution in [0.1, 0.15) is 43.2 Å². The molecule has 0 saturated heterocycles. The summed E-state index contributed by atoms with van der Waals surface area (Å²) < 4.78 is 63.8. The van der Waals surface area contributed by atoms with Crippen molar-refractivity contribution in [3.63, 3.8) is 0 Å². The summed E-state index contributed by atoms with van der Waals surface area (Å²) in [5, 5.41) is 2.68. The Morgan fingerprint density at radius 1 is 1.22 bits per heavy atom. The smallest absolute Gasteiger partial charge is 0.353 e. The van der Waals surface area contributed by atoms with Gasteiger partial charge in [-0.05, 0) is 30.9 Å². The average molecular weight is 335 g/mol. The molecule has 1 aliphatic rings. The number of nitrogens with one attached hydrogen (secondary N) is 1. The van der Waals surface area contributed by atoms with E-state index in [0.29, 0.717) is 5.56 Å². The summed E-state index contributed by atoms with van der Waals surface area (Å²) in [6.45, 7) is 0. The van der Waals surface area contributed by atoms with E-state index >= 15 is 0 Å². The molecule has 2 nitrogen and oxygen atoms in total. The minimum Gasteiger partial charge on any atom is -0.353 e. The highest BCUT2D eigenvalue weighted by Crippen LogP contribution is 2.33. The molecular formula is C16H18F5NO. The number of hydrogen-bond acceptors (Lipinski definition) is 1. The summed E-state index contributed by atoms with van der Waals surface area (Å²) in [5.41, 5.74) is -0.324. The maximum Gasteiger partial charge on any atom is 0.416 e. The molecule has 0 spiro atoms. The largest absolute Gasteiger partial charge is 0.416 e. The zero-order valence-corrected chi connectivity index (χ0v) is 12.4. The molecule has 128 valence electrons. The molecule has 0 radical (unpaired) electrons. The quantitative estimate of drug-likeness (QED) is 0.815. The van der Waals surface area contributed by atoms with Gasteiger partial charge in [0, 0.05) is 25.3 Å². The molecule has 1 aromatic carbocycles. The number of halogens is 5. The van der Waals surface area contributed by atoms with E-state index in [9.17, 15) is 26.7 Å². The minimum atomic E-state index is -4.41. The van der Waals surface area contributed by atoms with Crippen LogP contribution in [0, 0.1) is 0 Å². The third-order valence-electron chi connectivity index (χ3n) is 3.98. The van der Waals surface area contributed by atoms with Crippen molar-refractivity contribution in [2.45, 2.75) is 56.7 Å². The Balaban J connectivity index is 1.81. The molecule has 1 saturated carbocycles. The van der Waals surface area contributed by atoms with Crippen LogP contribution in [0.2, 0.25) is 0 Å². The van der Waals surface area contributed by atoms with Crippen molar-refractivity contribution in [1.82, 2.24) is 5.32 Å². The van der Waals surface area contributed by atoms with Gasteiger partial charge in [-0.2, -0.15) is 13.2 Å². The topological polar surface area (TPSA) is 29.1 Å². The van der Waals surface area contributed by atoms with E-state index in [4.69, 9.17) is 0 Å². The predicted molar refractivity (Wildman–Crippen MR) is 75.1 cm³/mol. The van der Waals surface area contributed by atoms with E-state index in [1.807, 2.05) is 0 Å². The van der Waals surface area contributed by atoms with Crippen LogP contribution in [0.25, 0.3) is 0 Å². The van der Waals surface area contributed by atoms with Crippen LogP contribution in [0.3, 0.4) is 0 Å². The molecule has 1 N–H and O–H groups in total. The number of aryl methyl sites for hydroxylation is 1. The highest BCUT2D eigenvalue weighted by molar-refractivity contribution is 5.76. The first-order valence-corrected chi connectivity index (χ1v) is 7.49. The van der Waals surface area contributed by atoms with Crippen molar-refractivity contribution in [3.8, 4) is 0 Å². The molecule has 1 aliphatic carbocycles. The molecule has 0 bridgehead atoms. The van der Waals surface area contributed by atoms with Crippen LogP contribution in [0.4, 0.5) is 22.0 Å². The number of alkyl halides is 5. The fraction of sp³-hybridized carbons (Fsp3) is 0.562. The molecule has 1 fully saturated rings. The van der Waals surface area contributed by atoms with Gasteiger partial charge in [0.1, 0.15) is 0 Å². The molecule has 1 amide bonds. The molecular weight excluding hydrogens is 317 g/mol. The standard InChI is InChI=1S/C16H18F5NO/c17-15(18)8-6-13(7-9-15)22-14(23)5-4-11-2-1-3-12(10-11)16(19,20)21/h1-3,10,13H,4-9H2,(H,22,23). The lowest BCUT2D eigenvalue weighted by atomic mass is 9.92. The van der Waals surface area contributed by atoms with Gasteiger partial charge in [0.25, 0.3) is 0 Å². The summed E-state index contributed by atoms with van der Waals surface area (Å²) in [6.07, 6.45) is -4.24. The first-order valence-electron chi connectivity index (χ1n) is 7.49. The fourth-order valence-corrected chi connectivity index (χ4v) is 2.65. The van der Waals surface area contributed by atoms with E-state index in [0.717, 1.165) is 12.1 Å². The SMILES string of the molecule is O=C(CCc1cccc(C(F)(F)F)c1)NC1CCC(F)(F)CC1. The third-order valence-corrected chi connectivity index (χ3v) is 3.98. The molecule has 1 aromatic rings. The zero-order chi connectivity index (χ0) is 17.1. The molecule has 0 aromatic heterocycles. The molecule has 0 aliphatic heterocycles. The van der Waals surface area contributed by atoms with Crippen LogP contribution in [0.5, 0.6) is 0 Å². The van der Waals surface area contributed by atoms with Crippen LogP contribution < -0.4 is 5.32 Å². The summed E-state index contributed by atoms with van der Waals surface area (Å²) in [6, 6.07) is 4.56. The summed E-state index contributed by atoms with van der Waals surface area (Å²) >= 11 is 0. The molecule has 0 atom stereocenters. The Labute approximate surface area is 131 Å². The molecule has 0 unspecified atom stereocenters. The highest BCUT2D eigenvalue weighted by Gasteiger charge is 2.35. The Morgan fingerprint density at radius 2 is 1.87 bits per heavy atom. The van der Waals surface area contributed by atoms with Crippen molar-refractivity contribution in [2.24, 2.45) is 0 Å². The number of benzene rings is 1. The van der Waals surface area contributed by atoms with Gasteiger partial charge in [0.05, 0.1) is 5.56 Å². The molecule has 7 heteroatoms. The second-order valence-corrected chi connectivity index (χ2v) is 5.90. The minimum absolute atomic E-state index is 0.0359. The fourth-order valence-electron chi connectivity index (χ4n) is 2.65. The van der Waals surface area contributed by atoms with E-state index < -0.39 is 17.7 Å². The number of carbonyl (C=O) groups is 1. The van der Waals surface area contributed by atoms with Crippen LogP contribution in [0.15, 0.2) is 24.3 Å². The van der Waals surface area contributed by atoms with Gasteiger partial charge < -0.3 is 5.32 Å². The normalized spacial score (nSPS) is 18.7. The number of carbonyl (C=O) groups excluding carboxylic acids is 1. The van der Waals surface area contributed by atoms with Crippen molar-refractivity contribution in [3.05, 3.63) is 35.4 Å². The Hall–Kier alpha value is -1.66. The molecule has 0 heterocycles. The summed E-state index contributed by atoms with van der Waals surface area (Å²) in [4.78, 5) is 11.8. The maximum absolute atomic E-state index is 13.0. The zero-order valence-electron chi connectivity index (χ0n) is 12.4. The van der Waals surface area contributed by atoms with Crippen molar-refractivity contribution < 1.29 is 26.7 Å². The van der Waals surface area contributed by atoms with Gasteiger partial charge in [-0.15, -0.1) is 0 Å². The second-order valence-electron chi connectivity index (χ2n) is 5.90. The first-order chi connectivity index (χ1) is 10.7. The highest BCUT2D eigenvalue weighted by atomic mass is 19.4. The van der Waals surface area contributed by atoms with Crippen molar-refractivity contribution in [1.29, 1.82) is 0 Å². The Bertz CT molecular complexity index is 546. The van der Waals surface area contributed by atoms with Gasteiger partial charge in [0.15, 0.2) is 0 Å². The number of rotatable bonds is 4. The lowest BCUT2D eigenvalue weighted by molar-refractivity contribution is -0.137. The lowest BCUT2D eigenvalue weighted by Gasteiger charge is -2.28. The van der Waals surface area contributed by atoms with Gasteiger partial charge in [-0.3, -0.25) is 4.79 Å². The lowest BCUT2D eigenvalue weighted by Crippen LogP contribution is -2.40. The van der Waals surface area contributed by atoms with Gasteiger partial charge >= 0.3 is 6.18 Å². The van der Waals surface area contributed by atoms with E-state index in [2.05, 4.69) is 5.32 Å². The predicted octanol–water partition coefficient (Wildman–Crippen LogP) is 4.33. The average Bonchev–Trinajstić information content (AvgIpc) is 2.47. The first kappa shape index (κ1) is 17.7. The Morgan fingerprint density at radius 3 is 2.48 bits per heavy atom. The maximum atomic E-state index is 13.0. The number of amides is 1. The van der Waals surface area contributed by atoms with Gasteiger partial charge in [0.2, 0.25) is 11.8 Å². The number of hydrogen-bond donors (Lipinski definition) is 1. The van der Waals surface area contributed by atoms with E-state index in [1.54, 1.807) is 0 Å². The molecule has 2 rings (SSSR count). The van der Waals surface area contributed by atoms with Crippen LogP contribution >= 0.6 is 0 Å². The van der Waals surface area contributed by atoms with Crippen molar-refractivity contribution >= 4 is 5.91 Å². The summed E-state index contributed by atoms with van der Waals surface area (Å²) in [5.74, 6) is -2.98. The monoisotopic (exact) mass is 335 g/mol. The Kier molecular flexibility index (Phi) is 5.26. The van der Waals surface area contributed by atoms with Crippen LogP contribution in [-0.2, 0) is 17.4 Å². The summed E-state index contributed by atoms with van der Waals surface area (Å²) in [7, 11) is 0. The van der Waals surface area contributed by atoms with E-state index in [1.165, 1.54) is 12.1 Å². The van der Waals surface area contributed by atoms with Crippen LogP contribution in [-0.4, -0.2) is 17.9 Å². The van der Waals surface area contributed by atoms with Gasteiger partial charge in [-0.1, -0.05) is 18.2 Å². The third kappa shape index (κ3) is 5.48. The second kappa shape index (κ2) is 6.84.